The Labute approximate surface area is 158 Å². The number of hydrogen-bond acceptors (Lipinski definition) is 7. The van der Waals surface area contributed by atoms with Gasteiger partial charge in [-0.15, -0.1) is 0 Å². The molecule has 4 heterocycles. The number of rotatable bonds is 4. The summed E-state index contributed by atoms with van der Waals surface area (Å²) in [6, 6.07) is 1.75. The van der Waals surface area contributed by atoms with E-state index in [1.807, 2.05) is 20.0 Å². The van der Waals surface area contributed by atoms with Gasteiger partial charge in [0.25, 0.3) is 5.91 Å². The number of amides is 1. The first-order chi connectivity index (χ1) is 13.1. The zero-order chi connectivity index (χ0) is 18.8. The van der Waals surface area contributed by atoms with Crippen molar-refractivity contribution >= 4 is 11.9 Å². The number of nitrogens with zero attached hydrogens (tertiary/aromatic N) is 4. The molecule has 2 aromatic heterocycles. The smallest absolute Gasteiger partial charge is 0.290 e. The number of piperidine rings is 1. The van der Waals surface area contributed by atoms with Gasteiger partial charge in [0.2, 0.25) is 11.7 Å². The molecule has 4 rings (SSSR count). The Bertz CT molecular complexity index is 819. The van der Waals surface area contributed by atoms with Crippen LogP contribution in [0.25, 0.3) is 0 Å². The van der Waals surface area contributed by atoms with E-state index in [1.54, 1.807) is 6.07 Å². The second-order valence-electron chi connectivity index (χ2n) is 7.47. The Morgan fingerprint density at radius 2 is 2.30 bits per heavy atom. The maximum absolute atomic E-state index is 12.5. The largest absolute Gasteiger partial charge is 0.376 e. The first-order valence-corrected chi connectivity index (χ1v) is 9.55. The van der Waals surface area contributed by atoms with Crippen molar-refractivity contribution in [1.82, 2.24) is 20.4 Å². The molecule has 8 heteroatoms. The van der Waals surface area contributed by atoms with Gasteiger partial charge in [0, 0.05) is 43.4 Å². The van der Waals surface area contributed by atoms with Crippen molar-refractivity contribution in [3.05, 3.63) is 35.0 Å². The molecule has 0 aliphatic carbocycles. The first-order valence-electron chi connectivity index (χ1n) is 9.55. The average Bonchev–Trinajstić information content (AvgIpc) is 3.19. The van der Waals surface area contributed by atoms with E-state index in [9.17, 15) is 4.79 Å². The average molecular weight is 371 g/mol. The minimum Gasteiger partial charge on any atom is -0.376 e. The fourth-order valence-corrected chi connectivity index (χ4v) is 3.47. The van der Waals surface area contributed by atoms with E-state index >= 15 is 0 Å². The second-order valence-corrected chi connectivity index (χ2v) is 7.47. The van der Waals surface area contributed by atoms with Gasteiger partial charge in [-0.25, -0.2) is 9.97 Å². The van der Waals surface area contributed by atoms with Crippen LogP contribution in [-0.4, -0.2) is 46.8 Å². The lowest BCUT2D eigenvalue weighted by atomic mass is 10.1. The van der Waals surface area contributed by atoms with Crippen molar-refractivity contribution in [2.75, 3.05) is 24.6 Å². The fraction of sp³-hybridized carbons (Fsp3) is 0.579. The van der Waals surface area contributed by atoms with Crippen LogP contribution in [0.1, 0.15) is 60.1 Å². The molecule has 1 unspecified atom stereocenters. The lowest BCUT2D eigenvalue weighted by Gasteiger charge is -2.33. The third kappa shape index (κ3) is 3.95. The second kappa shape index (κ2) is 7.64. The maximum Gasteiger partial charge on any atom is 0.290 e. The van der Waals surface area contributed by atoms with E-state index in [0.717, 1.165) is 48.7 Å². The molecule has 1 amide bonds. The Hall–Kier alpha value is -2.48. The highest BCUT2D eigenvalue weighted by Gasteiger charge is 2.26. The summed E-state index contributed by atoms with van der Waals surface area (Å²) in [4.78, 5) is 23.8. The highest BCUT2D eigenvalue weighted by molar-refractivity contribution is 5.91. The van der Waals surface area contributed by atoms with Crippen molar-refractivity contribution in [2.24, 2.45) is 0 Å². The Kier molecular flexibility index (Phi) is 5.07. The third-order valence-electron chi connectivity index (χ3n) is 5.07. The summed E-state index contributed by atoms with van der Waals surface area (Å²) >= 11 is 0. The molecule has 1 fully saturated rings. The topological polar surface area (TPSA) is 93.4 Å². The van der Waals surface area contributed by atoms with Crippen LogP contribution in [0.5, 0.6) is 0 Å². The lowest BCUT2D eigenvalue weighted by molar-refractivity contribution is 0.0895. The Morgan fingerprint density at radius 1 is 1.41 bits per heavy atom. The van der Waals surface area contributed by atoms with Crippen LogP contribution in [0, 0.1) is 0 Å². The number of fused-ring (bicyclic) bond motifs is 1. The fourth-order valence-electron chi connectivity index (χ4n) is 3.47. The number of nitrogens with one attached hydrogen (secondary N) is 1. The van der Waals surface area contributed by atoms with E-state index in [0.29, 0.717) is 19.8 Å². The summed E-state index contributed by atoms with van der Waals surface area (Å²) in [5.74, 6) is 1.01. The van der Waals surface area contributed by atoms with Crippen LogP contribution in [0.15, 0.2) is 16.8 Å². The third-order valence-corrected chi connectivity index (χ3v) is 5.07. The highest BCUT2D eigenvalue weighted by Crippen LogP contribution is 2.21. The minimum absolute atomic E-state index is 0.0295. The number of carbonyl (C=O) groups is 1. The minimum atomic E-state index is -0.218. The van der Waals surface area contributed by atoms with Crippen LogP contribution >= 0.6 is 0 Å². The monoisotopic (exact) mass is 371 g/mol. The van der Waals surface area contributed by atoms with Crippen LogP contribution in [0.3, 0.4) is 0 Å². The van der Waals surface area contributed by atoms with Crippen molar-refractivity contribution in [1.29, 1.82) is 0 Å². The SMILES string of the molecule is CC(C)c1cc(C(=O)NC2CCCN(c3ncc4c(n3)CCOC4)C2)on1. The summed E-state index contributed by atoms with van der Waals surface area (Å²) in [6.07, 6.45) is 4.58. The molecular weight excluding hydrogens is 346 g/mol. The quantitative estimate of drug-likeness (QED) is 0.879. The van der Waals surface area contributed by atoms with Crippen LogP contribution < -0.4 is 10.2 Å². The van der Waals surface area contributed by atoms with Crippen molar-refractivity contribution in [3.8, 4) is 0 Å². The summed E-state index contributed by atoms with van der Waals surface area (Å²) in [5, 5.41) is 7.02. The van der Waals surface area contributed by atoms with Crippen molar-refractivity contribution < 1.29 is 14.1 Å². The van der Waals surface area contributed by atoms with E-state index in [-0.39, 0.29) is 23.6 Å². The predicted octanol–water partition coefficient (Wildman–Crippen LogP) is 2.06. The normalized spacial score (nSPS) is 19.8. The number of hydrogen-bond donors (Lipinski definition) is 1. The molecule has 1 N–H and O–H groups in total. The molecule has 8 nitrogen and oxygen atoms in total. The molecular formula is C19H25N5O3. The molecule has 0 radical (unpaired) electrons. The van der Waals surface area contributed by atoms with Crippen LogP contribution in [-0.2, 0) is 17.8 Å². The number of carbonyl (C=O) groups excluding carboxylic acids is 1. The molecule has 1 saturated heterocycles. The summed E-state index contributed by atoms with van der Waals surface area (Å²) < 4.78 is 10.6. The summed E-state index contributed by atoms with van der Waals surface area (Å²) in [6.45, 7) is 6.90. The standard InChI is InChI=1S/C19H25N5O3/c1-12(2)16-8-17(27-23-16)18(25)21-14-4-3-6-24(10-14)19-20-9-13-11-26-7-5-15(13)22-19/h8-9,12,14H,3-7,10-11H2,1-2H3,(H,21,25). The number of aromatic nitrogens is 3. The molecule has 2 aliphatic rings. The lowest BCUT2D eigenvalue weighted by Crippen LogP contribution is -2.48. The maximum atomic E-state index is 12.5. The molecule has 0 saturated carbocycles. The van der Waals surface area contributed by atoms with E-state index < -0.39 is 0 Å². The number of anilines is 1. The van der Waals surface area contributed by atoms with Gasteiger partial charge in [0.15, 0.2) is 0 Å². The zero-order valence-electron chi connectivity index (χ0n) is 15.8. The predicted molar refractivity (Wildman–Crippen MR) is 98.7 cm³/mol. The molecule has 27 heavy (non-hydrogen) atoms. The molecule has 2 aromatic rings. The highest BCUT2D eigenvalue weighted by atomic mass is 16.5. The number of ether oxygens (including phenoxy) is 1. The van der Waals surface area contributed by atoms with Gasteiger partial charge in [0.1, 0.15) is 0 Å². The van der Waals surface area contributed by atoms with Gasteiger partial charge >= 0.3 is 0 Å². The zero-order valence-corrected chi connectivity index (χ0v) is 15.8. The van der Waals surface area contributed by atoms with Crippen LogP contribution in [0.4, 0.5) is 5.95 Å². The van der Waals surface area contributed by atoms with Gasteiger partial charge in [-0.3, -0.25) is 4.79 Å². The Morgan fingerprint density at radius 3 is 3.11 bits per heavy atom. The van der Waals surface area contributed by atoms with Gasteiger partial charge in [-0.1, -0.05) is 19.0 Å². The molecule has 2 aliphatic heterocycles. The summed E-state index contributed by atoms with van der Waals surface area (Å²) in [5.41, 5.74) is 2.93. The molecule has 0 aromatic carbocycles. The Balaban J connectivity index is 1.41. The van der Waals surface area contributed by atoms with Gasteiger partial charge < -0.3 is 19.5 Å². The van der Waals surface area contributed by atoms with E-state index in [2.05, 4.69) is 20.4 Å². The van der Waals surface area contributed by atoms with Gasteiger partial charge in [0.05, 0.1) is 24.6 Å². The molecule has 0 spiro atoms. The van der Waals surface area contributed by atoms with E-state index in [4.69, 9.17) is 14.2 Å². The van der Waals surface area contributed by atoms with Crippen molar-refractivity contribution in [3.63, 3.8) is 0 Å². The van der Waals surface area contributed by atoms with Crippen LogP contribution in [0.2, 0.25) is 0 Å². The molecule has 0 bridgehead atoms. The van der Waals surface area contributed by atoms with Crippen molar-refractivity contribution in [2.45, 2.75) is 51.7 Å². The first kappa shape index (κ1) is 17.9. The van der Waals surface area contributed by atoms with Gasteiger partial charge in [-0.2, -0.15) is 0 Å². The van der Waals surface area contributed by atoms with E-state index in [1.165, 1.54) is 0 Å². The molecule has 144 valence electrons. The van der Waals surface area contributed by atoms with Gasteiger partial charge in [-0.05, 0) is 18.8 Å². The summed E-state index contributed by atoms with van der Waals surface area (Å²) in [7, 11) is 0. The molecule has 1 atom stereocenters.